The molecule has 2 aliphatic rings. The number of amides is 3. The molecule has 180 valence electrons. The molecule has 34 heavy (non-hydrogen) atoms. The van der Waals surface area contributed by atoms with E-state index in [2.05, 4.69) is 10.6 Å². The number of aryl methyl sites for hydroxylation is 1. The van der Waals surface area contributed by atoms with Crippen LogP contribution in [-0.2, 0) is 4.79 Å². The van der Waals surface area contributed by atoms with Gasteiger partial charge in [-0.25, -0.2) is 0 Å². The summed E-state index contributed by atoms with van der Waals surface area (Å²) in [4.78, 5) is 40.5. The minimum absolute atomic E-state index is 0.0866. The molecule has 3 amide bonds. The van der Waals surface area contributed by atoms with Crippen LogP contribution in [0.2, 0.25) is 0 Å². The molecule has 1 aliphatic carbocycles. The first-order chi connectivity index (χ1) is 16.5. The van der Waals surface area contributed by atoms with Crippen molar-refractivity contribution in [3.8, 4) is 0 Å². The molecule has 0 bridgehead atoms. The molecule has 1 heterocycles. The van der Waals surface area contributed by atoms with Gasteiger partial charge in [0, 0.05) is 35.9 Å². The zero-order valence-electron chi connectivity index (χ0n) is 20.0. The Bertz CT molecular complexity index is 1010. The molecule has 2 aromatic rings. The molecule has 1 saturated carbocycles. The summed E-state index contributed by atoms with van der Waals surface area (Å²) in [6, 6.07) is 14.7. The van der Waals surface area contributed by atoms with Gasteiger partial charge in [-0.1, -0.05) is 49.4 Å². The molecule has 0 spiro atoms. The average Bonchev–Trinajstić information content (AvgIpc) is 3.13. The zero-order chi connectivity index (χ0) is 23.9. The topological polar surface area (TPSA) is 78.5 Å². The minimum Gasteiger partial charge on any atom is -0.353 e. The van der Waals surface area contributed by atoms with Gasteiger partial charge in [-0.15, -0.1) is 0 Å². The van der Waals surface area contributed by atoms with Crippen LogP contribution < -0.4 is 10.6 Å². The van der Waals surface area contributed by atoms with E-state index in [4.69, 9.17) is 0 Å². The van der Waals surface area contributed by atoms with E-state index in [-0.39, 0.29) is 29.7 Å². The molecular formula is C28H35N3O3. The fourth-order valence-electron chi connectivity index (χ4n) is 4.94. The molecule has 6 nitrogen and oxygen atoms in total. The second-order valence-electron chi connectivity index (χ2n) is 9.69. The van der Waals surface area contributed by atoms with Gasteiger partial charge in [0.1, 0.15) is 0 Å². The van der Waals surface area contributed by atoms with Crippen molar-refractivity contribution in [1.82, 2.24) is 10.2 Å². The Hall–Kier alpha value is -3.15. The Labute approximate surface area is 202 Å². The largest absolute Gasteiger partial charge is 0.353 e. The number of carbonyl (C=O) groups is 3. The molecule has 1 aliphatic heterocycles. The molecule has 2 N–H and O–H groups in total. The summed E-state index contributed by atoms with van der Waals surface area (Å²) in [5.41, 5.74) is 2.76. The van der Waals surface area contributed by atoms with Gasteiger partial charge in [0.25, 0.3) is 11.8 Å². The van der Waals surface area contributed by atoms with Crippen molar-refractivity contribution in [2.45, 2.75) is 64.3 Å². The van der Waals surface area contributed by atoms with Crippen LogP contribution in [0.1, 0.15) is 77.6 Å². The monoisotopic (exact) mass is 461 g/mol. The van der Waals surface area contributed by atoms with E-state index >= 15 is 0 Å². The van der Waals surface area contributed by atoms with E-state index in [9.17, 15) is 14.4 Å². The van der Waals surface area contributed by atoms with Crippen molar-refractivity contribution >= 4 is 23.4 Å². The summed E-state index contributed by atoms with van der Waals surface area (Å²) in [6.45, 7) is 3.06. The van der Waals surface area contributed by atoms with Gasteiger partial charge in [0.15, 0.2) is 0 Å². The summed E-state index contributed by atoms with van der Waals surface area (Å²) in [5, 5.41) is 6.13. The third-order valence-electron chi connectivity index (χ3n) is 6.96. The highest BCUT2D eigenvalue weighted by Gasteiger charge is 2.30. The van der Waals surface area contributed by atoms with Gasteiger partial charge < -0.3 is 15.5 Å². The third kappa shape index (κ3) is 6.25. The van der Waals surface area contributed by atoms with Crippen molar-refractivity contribution in [2.24, 2.45) is 5.92 Å². The van der Waals surface area contributed by atoms with Crippen molar-refractivity contribution in [2.75, 3.05) is 18.4 Å². The van der Waals surface area contributed by atoms with E-state index in [0.29, 0.717) is 29.9 Å². The summed E-state index contributed by atoms with van der Waals surface area (Å²) < 4.78 is 0. The molecule has 2 fully saturated rings. The Balaban J connectivity index is 1.36. The lowest BCUT2D eigenvalue weighted by atomic mass is 9.95. The lowest BCUT2D eigenvalue weighted by Crippen LogP contribution is -2.47. The normalized spacial score (nSPS) is 19.2. The maximum Gasteiger partial charge on any atom is 0.255 e. The van der Waals surface area contributed by atoms with Crippen molar-refractivity contribution in [3.05, 3.63) is 65.2 Å². The molecule has 4 rings (SSSR count). The highest BCUT2D eigenvalue weighted by molar-refractivity contribution is 6.05. The number of rotatable bonds is 5. The van der Waals surface area contributed by atoms with E-state index in [0.717, 1.165) is 31.2 Å². The van der Waals surface area contributed by atoms with Crippen molar-refractivity contribution < 1.29 is 14.4 Å². The Morgan fingerprint density at radius 2 is 1.59 bits per heavy atom. The first-order valence-corrected chi connectivity index (χ1v) is 12.6. The van der Waals surface area contributed by atoms with E-state index < -0.39 is 0 Å². The second-order valence-corrected chi connectivity index (χ2v) is 9.69. The molecule has 6 heteroatoms. The van der Waals surface area contributed by atoms with Crippen LogP contribution in [0.15, 0.2) is 48.5 Å². The lowest BCUT2D eigenvalue weighted by Gasteiger charge is -2.33. The number of hydrogen-bond donors (Lipinski definition) is 2. The van der Waals surface area contributed by atoms with Crippen LogP contribution in [0, 0.1) is 12.8 Å². The van der Waals surface area contributed by atoms with Crippen LogP contribution in [0.25, 0.3) is 0 Å². The molecule has 0 radical (unpaired) electrons. The van der Waals surface area contributed by atoms with Gasteiger partial charge >= 0.3 is 0 Å². The Morgan fingerprint density at radius 1 is 0.853 bits per heavy atom. The van der Waals surface area contributed by atoms with Crippen molar-refractivity contribution in [3.63, 3.8) is 0 Å². The van der Waals surface area contributed by atoms with E-state index in [1.54, 1.807) is 41.3 Å². The van der Waals surface area contributed by atoms with Gasteiger partial charge in [-0.05, 0) is 62.9 Å². The standard InChI is InChI=1S/C28H35N3O3/c1-20-13-15-21(16-14-20)26(32)30-25-12-6-8-22(18-25)28(34)31-17-7-9-23(19-31)27(33)29-24-10-4-2-3-5-11-24/h6,8,12-16,18,23-24H,2-5,7,9-11,17,19H2,1H3,(H,29,33)(H,30,32). The van der Waals surface area contributed by atoms with Crippen LogP contribution in [0.5, 0.6) is 0 Å². The molecule has 0 aromatic heterocycles. The minimum atomic E-state index is -0.210. The second kappa shape index (κ2) is 11.3. The number of anilines is 1. The van der Waals surface area contributed by atoms with Gasteiger partial charge in [-0.2, -0.15) is 0 Å². The lowest BCUT2D eigenvalue weighted by molar-refractivity contribution is -0.127. The third-order valence-corrected chi connectivity index (χ3v) is 6.96. The van der Waals surface area contributed by atoms with Gasteiger partial charge in [-0.3, -0.25) is 14.4 Å². The number of piperidine rings is 1. The summed E-state index contributed by atoms with van der Waals surface area (Å²) in [6.07, 6.45) is 8.61. The molecule has 2 aromatic carbocycles. The van der Waals surface area contributed by atoms with Crippen molar-refractivity contribution in [1.29, 1.82) is 0 Å². The predicted molar refractivity (Wildman–Crippen MR) is 134 cm³/mol. The van der Waals surface area contributed by atoms with Crippen LogP contribution in [0.4, 0.5) is 5.69 Å². The molecule has 1 atom stereocenters. The average molecular weight is 462 g/mol. The number of nitrogens with zero attached hydrogens (tertiary/aromatic N) is 1. The first kappa shape index (κ1) is 24.0. The summed E-state index contributed by atoms with van der Waals surface area (Å²) >= 11 is 0. The highest BCUT2D eigenvalue weighted by atomic mass is 16.2. The van der Waals surface area contributed by atoms with Crippen LogP contribution >= 0.6 is 0 Å². The summed E-state index contributed by atoms with van der Waals surface area (Å²) in [5.74, 6) is -0.384. The maximum atomic E-state index is 13.2. The number of likely N-dealkylation sites (tertiary alicyclic amines) is 1. The Morgan fingerprint density at radius 3 is 2.32 bits per heavy atom. The SMILES string of the molecule is Cc1ccc(C(=O)Nc2cccc(C(=O)N3CCCC(C(=O)NC4CCCCCC4)C3)c2)cc1. The molecular weight excluding hydrogens is 426 g/mol. The Kier molecular flexibility index (Phi) is 7.99. The van der Waals surface area contributed by atoms with Gasteiger partial charge in [0.2, 0.25) is 5.91 Å². The predicted octanol–water partition coefficient (Wildman–Crippen LogP) is 4.94. The summed E-state index contributed by atoms with van der Waals surface area (Å²) in [7, 11) is 0. The molecule has 1 saturated heterocycles. The highest BCUT2D eigenvalue weighted by Crippen LogP contribution is 2.22. The quantitative estimate of drug-likeness (QED) is 0.619. The maximum absolute atomic E-state index is 13.2. The first-order valence-electron chi connectivity index (χ1n) is 12.6. The zero-order valence-corrected chi connectivity index (χ0v) is 20.0. The fraction of sp³-hybridized carbons (Fsp3) is 0.464. The number of hydrogen-bond acceptors (Lipinski definition) is 3. The molecule has 1 unspecified atom stereocenters. The fourth-order valence-corrected chi connectivity index (χ4v) is 4.94. The number of benzene rings is 2. The van der Waals surface area contributed by atoms with E-state index in [1.807, 2.05) is 19.1 Å². The number of nitrogens with one attached hydrogen (secondary N) is 2. The van der Waals surface area contributed by atoms with Crippen LogP contribution in [0.3, 0.4) is 0 Å². The van der Waals surface area contributed by atoms with E-state index in [1.165, 1.54) is 25.7 Å². The van der Waals surface area contributed by atoms with Crippen LogP contribution in [-0.4, -0.2) is 41.8 Å². The smallest absolute Gasteiger partial charge is 0.255 e. The number of carbonyl (C=O) groups excluding carboxylic acids is 3. The van der Waals surface area contributed by atoms with Gasteiger partial charge in [0.05, 0.1) is 5.92 Å².